The molecular formula is C20H26FN3OS. The van der Waals surface area contributed by atoms with Gasteiger partial charge in [-0.1, -0.05) is 37.7 Å². The van der Waals surface area contributed by atoms with Crippen LogP contribution in [-0.2, 0) is 11.3 Å². The Morgan fingerprint density at radius 1 is 1.31 bits per heavy atom. The van der Waals surface area contributed by atoms with Gasteiger partial charge in [-0.25, -0.2) is 9.37 Å². The Bertz CT molecular complexity index is 781. The summed E-state index contributed by atoms with van der Waals surface area (Å²) in [4.78, 5) is 17.5. The van der Waals surface area contributed by atoms with Crippen LogP contribution in [0.15, 0.2) is 29.4 Å². The lowest BCUT2D eigenvalue weighted by Gasteiger charge is -2.18. The van der Waals surface area contributed by atoms with Crippen LogP contribution in [-0.4, -0.2) is 21.5 Å². The average molecular weight is 376 g/mol. The van der Waals surface area contributed by atoms with E-state index in [1.807, 2.05) is 6.92 Å². The number of carbonyl (C=O) groups excluding carboxylic acids is 1. The normalized spacial score (nSPS) is 15.3. The topological polar surface area (TPSA) is 46.9 Å². The van der Waals surface area contributed by atoms with Crippen LogP contribution in [0.4, 0.5) is 4.39 Å². The van der Waals surface area contributed by atoms with Crippen LogP contribution in [0.1, 0.15) is 48.9 Å². The third kappa shape index (κ3) is 4.47. The van der Waals surface area contributed by atoms with E-state index < -0.39 is 5.25 Å². The monoisotopic (exact) mass is 375 g/mol. The van der Waals surface area contributed by atoms with Gasteiger partial charge >= 0.3 is 0 Å². The van der Waals surface area contributed by atoms with Crippen molar-refractivity contribution in [2.75, 3.05) is 0 Å². The van der Waals surface area contributed by atoms with E-state index in [9.17, 15) is 9.18 Å². The molecule has 6 heteroatoms. The van der Waals surface area contributed by atoms with E-state index in [-0.39, 0.29) is 17.8 Å². The number of amides is 1. The predicted molar refractivity (Wildman–Crippen MR) is 103 cm³/mol. The number of hydrogen-bond donors (Lipinski definition) is 1. The molecule has 0 saturated heterocycles. The molecular weight excluding hydrogens is 349 g/mol. The van der Waals surface area contributed by atoms with Gasteiger partial charge < -0.3 is 9.88 Å². The second kappa shape index (κ2) is 7.82. The number of aromatic nitrogens is 2. The maximum atomic E-state index is 13.3. The molecule has 2 aromatic rings. The Morgan fingerprint density at radius 2 is 1.96 bits per heavy atom. The Morgan fingerprint density at radius 3 is 2.54 bits per heavy atom. The second-order valence-corrected chi connectivity index (χ2v) is 8.47. The minimum Gasteiger partial charge on any atom is -0.352 e. The van der Waals surface area contributed by atoms with E-state index in [1.54, 1.807) is 12.1 Å². The summed E-state index contributed by atoms with van der Waals surface area (Å²) in [5, 5.41) is 3.48. The third-order valence-corrected chi connectivity index (χ3v) is 5.77. The van der Waals surface area contributed by atoms with E-state index in [1.165, 1.54) is 23.9 Å². The molecule has 1 aliphatic carbocycles. The Kier molecular flexibility index (Phi) is 5.70. The van der Waals surface area contributed by atoms with Crippen molar-refractivity contribution < 1.29 is 9.18 Å². The van der Waals surface area contributed by atoms with Gasteiger partial charge in [0.15, 0.2) is 5.16 Å². The molecule has 0 radical (unpaired) electrons. The maximum absolute atomic E-state index is 13.3. The largest absolute Gasteiger partial charge is 0.352 e. The Labute approximate surface area is 158 Å². The first-order valence-corrected chi connectivity index (χ1v) is 9.99. The number of nitrogens with zero attached hydrogens (tertiary/aromatic N) is 2. The quantitative estimate of drug-likeness (QED) is 0.729. The second-order valence-electron chi connectivity index (χ2n) is 7.40. The van der Waals surface area contributed by atoms with Crippen molar-refractivity contribution in [3.63, 3.8) is 0 Å². The third-order valence-electron chi connectivity index (χ3n) is 4.53. The lowest BCUT2D eigenvalue weighted by Crippen LogP contribution is -2.30. The predicted octanol–water partition coefficient (Wildman–Crippen LogP) is 4.41. The van der Waals surface area contributed by atoms with Crippen molar-refractivity contribution in [2.24, 2.45) is 5.92 Å². The molecule has 1 fully saturated rings. The molecule has 0 spiro atoms. The molecule has 0 bridgehead atoms. The van der Waals surface area contributed by atoms with Crippen LogP contribution in [0, 0.1) is 25.6 Å². The van der Waals surface area contributed by atoms with E-state index in [0.29, 0.717) is 5.92 Å². The standard InChI is InChI=1S/C20H26FN3OS/c1-12(2)11-24-14(4)13(3)22-20(24)26-18(19(25)23-17-9-10-17)15-5-7-16(21)8-6-15/h5-8,12,17-18H,9-11H2,1-4H3,(H,23,25)/t18-/m0/s1. The van der Waals surface area contributed by atoms with Gasteiger partial charge in [0, 0.05) is 18.3 Å². The van der Waals surface area contributed by atoms with Crippen LogP contribution in [0.5, 0.6) is 0 Å². The molecule has 1 atom stereocenters. The summed E-state index contributed by atoms with van der Waals surface area (Å²) < 4.78 is 15.5. The summed E-state index contributed by atoms with van der Waals surface area (Å²) in [6, 6.07) is 6.48. The first-order chi connectivity index (χ1) is 12.3. The van der Waals surface area contributed by atoms with Crippen LogP contribution >= 0.6 is 11.8 Å². The zero-order valence-corrected chi connectivity index (χ0v) is 16.6. The minimum absolute atomic E-state index is 0.0292. The first kappa shape index (κ1) is 19.0. The number of halogens is 1. The number of imidazole rings is 1. The molecule has 1 aromatic carbocycles. The van der Waals surface area contributed by atoms with Crippen molar-refractivity contribution in [3.05, 3.63) is 47.0 Å². The van der Waals surface area contributed by atoms with Crippen molar-refractivity contribution in [1.82, 2.24) is 14.9 Å². The maximum Gasteiger partial charge on any atom is 0.238 e. The summed E-state index contributed by atoms with van der Waals surface area (Å²) in [5.41, 5.74) is 2.90. The van der Waals surface area contributed by atoms with E-state index in [4.69, 9.17) is 4.98 Å². The van der Waals surface area contributed by atoms with Crippen molar-refractivity contribution >= 4 is 17.7 Å². The number of benzene rings is 1. The smallest absolute Gasteiger partial charge is 0.238 e. The SMILES string of the molecule is Cc1nc(S[C@H](C(=O)NC2CC2)c2ccc(F)cc2)n(CC(C)C)c1C. The van der Waals surface area contributed by atoms with Crippen molar-refractivity contribution in [3.8, 4) is 0 Å². The number of aryl methyl sites for hydroxylation is 1. The first-order valence-electron chi connectivity index (χ1n) is 9.11. The summed E-state index contributed by atoms with van der Waals surface area (Å²) in [5.74, 6) is 0.151. The Balaban J connectivity index is 1.91. The van der Waals surface area contributed by atoms with Crippen LogP contribution in [0.2, 0.25) is 0 Å². The highest BCUT2D eigenvalue weighted by Crippen LogP contribution is 2.37. The minimum atomic E-state index is -0.441. The van der Waals surface area contributed by atoms with Crippen molar-refractivity contribution in [1.29, 1.82) is 0 Å². The van der Waals surface area contributed by atoms with E-state index >= 15 is 0 Å². The van der Waals surface area contributed by atoms with E-state index in [2.05, 4.69) is 30.7 Å². The lowest BCUT2D eigenvalue weighted by atomic mass is 10.1. The molecule has 3 rings (SSSR count). The van der Waals surface area contributed by atoms with E-state index in [0.717, 1.165) is 41.5 Å². The average Bonchev–Trinajstić information content (AvgIpc) is 3.36. The highest BCUT2D eigenvalue weighted by atomic mass is 32.2. The summed E-state index contributed by atoms with van der Waals surface area (Å²) >= 11 is 1.45. The van der Waals surface area contributed by atoms with Gasteiger partial charge in [0.1, 0.15) is 11.1 Å². The molecule has 0 aliphatic heterocycles. The highest BCUT2D eigenvalue weighted by molar-refractivity contribution is 8.00. The molecule has 140 valence electrons. The highest BCUT2D eigenvalue weighted by Gasteiger charge is 2.30. The van der Waals surface area contributed by atoms with Gasteiger partial charge in [0.2, 0.25) is 5.91 Å². The molecule has 1 N–H and O–H groups in total. The fourth-order valence-corrected chi connectivity index (χ4v) is 4.02. The fraction of sp³-hybridized carbons (Fsp3) is 0.500. The van der Waals surface area contributed by atoms with Crippen LogP contribution in [0.25, 0.3) is 0 Å². The molecule has 1 amide bonds. The Hall–Kier alpha value is -1.82. The molecule has 1 aliphatic rings. The van der Waals surface area contributed by atoms with Gasteiger partial charge in [0.05, 0.1) is 5.69 Å². The summed E-state index contributed by atoms with van der Waals surface area (Å²) in [6.45, 7) is 9.25. The van der Waals surface area contributed by atoms with Gasteiger partial charge in [-0.2, -0.15) is 0 Å². The van der Waals surface area contributed by atoms with Crippen LogP contribution < -0.4 is 5.32 Å². The number of thioether (sulfide) groups is 1. The lowest BCUT2D eigenvalue weighted by molar-refractivity contribution is -0.120. The van der Waals surface area contributed by atoms with Gasteiger partial charge in [-0.15, -0.1) is 0 Å². The summed E-state index contributed by atoms with van der Waals surface area (Å²) in [7, 11) is 0. The molecule has 1 saturated carbocycles. The zero-order valence-electron chi connectivity index (χ0n) is 15.8. The van der Waals surface area contributed by atoms with Crippen molar-refractivity contribution in [2.45, 2.75) is 63.5 Å². The zero-order chi connectivity index (χ0) is 18.8. The van der Waals surface area contributed by atoms with Gasteiger partial charge in [-0.3, -0.25) is 4.79 Å². The number of carbonyl (C=O) groups is 1. The number of nitrogens with one attached hydrogen (secondary N) is 1. The molecule has 0 unspecified atom stereocenters. The number of hydrogen-bond acceptors (Lipinski definition) is 3. The number of rotatable bonds is 7. The molecule has 1 heterocycles. The molecule has 4 nitrogen and oxygen atoms in total. The molecule has 1 aromatic heterocycles. The fourth-order valence-electron chi connectivity index (χ4n) is 2.81. The molecule has 26 heavy (non-hydrogen) atoms. The summed E-state index contributed by atoms with van der Waals surface area (Å²) in [6.07, 6.45) is 2.07. The van der Waals surface area contributed by atoms with Crippen LogP contribution in [0.3, 0.4) is 0 Å². The van der Waals surface area contributed by atoms with Gasteiger partial charge in [-0.05, 0) is 50.3 Å². The van der Waals surface area contributed by atoms with Gasteiger partial charge in [0.25, 0.3) is 0 Å².